The van der Waals surface area contributed by atoms with Crippen LogP contribution in [0.4, 0.5) is 10.5 Å². The van der Waals surface area contributed by atoms with E-state index in [1.807, 2.05) is 59.7 Å². The zero-order valence-electron chi connectivity index (χ0n) is 18.2. The number of para-hydroxylation sites is 1. The predicted molar refractivity (Wildman–Crippen MR) is 114 cm³/mol. The van der Waals surface area contributed by atoms with Gasteiger partial charge in [0.05, 0.1) is 6.54 Å². The van der Waals surface area contributed by atoms with Crippen molar-refractivity contribution in [1.29, 1.82) is 0 Å². The van der Waals surface area contributed by atoms with E-state index < -0.39 is 0 Å². The van der Waals surface area contributed by atoms with Crippen LogP contribution in [0.5, 0.6) is 0 Å². The van der Waals surface area contributed by atoms with Crippen molar-refractivity contribution in [3.63, 3.8) is 0 Å². The van der Waals surface area contributed by atoms with Gasteiger partial charge in [-0.2, -0.15) is 0 Å². The van der Waals surface area contributed by atoms with Gasteiger partial charge >= 0.3 is 6.03 Å². The second-order valence-corrected chi connectivity index (χ2v) is 8.20. The van der Waals surface area contributed by atoms with Gasteiger partial charge in [-0.3, -0.25) is 4.79 Å². The Morgan fingerprint density at radius 3 is 2.34 bits per heavy atom. The number of amides is 3. The van der Waals surface area contributed by atoms with Gasteiger partial charge < -0.3 is 20.0 Å². The number of aromatic nitrogens is 1. The van der Waals surface area contributed by atoms with Crippen molar-refractivity contribution < 1.29 is 14.0 Å². The number of nitrogens with one attached hydrogen (secondary N) is 2. The molecule has 0 aliphatic carbocycles. The van der Waals surface area contributed by atoms with Crippen LogP contribution in [0.2, 0.25) is 0 Å². The number of rotatable bonds is 8. The van der Waals surface area contributed by atoms with Crippen LogP contribution >= 0.6 is 0 Å². The normalized spacial score (nSPS) is 11.0. The van der Waals surface area contributed by atoms with Crippen LogP contribution < -0.4 is 10.6 Å². The molecule has 0 saturated heterocycles. The molecule has 0 saturated carbocycles. The Morgan fingerprint density at radius 2 is 1.76 bits per heavy atom. The van der Waals surface area contributed by atoms with Gasteiger partial charge in [-0.05, 0) is 36.8 Å². The minimum atomic E-state index is -0.274. The zero-order valence-corrected chi connectivity index (χ0v) is 18.2. The second kappa shape index (κ2) is 10.1. The Kier molecular flexibility index (Phi) is 7.82. The monoisotopic (exact) mass is 400 g/mol. The fraction of sp³-hybridized carbons (Fsp3) is 0.500. The van der Waals surface area contributed by atoms with E-state index in [9.17, 15) is 9.59 Å². The van der Waals surface area contributed by atoms with Gasteiger partial charge in [0.25, 0.3) is 5.91 Å². The molecule has 0 fully saturated rings. The van der Waals surface area contributed by atoms with Gasteiger partial charge in [0.1, 0.15) is 6.26 Å². The van der Waals surface area contributed by atoms with E-state index in [-0.39, 0.29) is 30.1 Å². The maximum Gasteiger partial charge on any atom is 0.322 e. The molecular weight excluding hydrogens is 368 g/mol. The number of carbonyl (C=O) groups excluding carboxylic acids is 2. The van der Waals surface area contributed by atoms with Gasteiger partial charge in [-0.1, -0.05) is 45.9 Å². The Labute approximate surface area is 172 Å². The number of urea groups is 1. The maximum atomic E-state index is 12.9. The van der Waals surface area contributed by atoms with Crippen molar-refractivity contribution in [2.45, 2.75) is 48.1 Å². The number of hydrogen-bond donors (Lipinski definition) is 2. The lowest BCUT2D eigenvalue weighted by Crippen LogP contribution is -2.37. The molecule has 0 unspecified atom stereocenters. The van der Waals surface area contributed by atoms with Gasteiger partial charge in [0, 0.05) is 18.8 Å². The summed E-state index contributed by atoms with van der Waals surface area (Å²) in [6.45, 7) is 13.3. The SMILES string of the molecule is Cc1cccc(C)c1NC(=O)N(Cc1nc(C(=O)NCC(C)C)co1)CC(C)C. The van der Waals surface area contributed by atoms with Crippen LogP contribution in [0.3, 0.4) is 0 Å². The number of aryl methyl sites for hydroxylation is 2. The topological polar surface area (TPSA) is 87.5 Å². The molecule has 1 aromatic carbocycles. The Morgan fingerprint density at radius 1 is 1.10 bits per heavy atom. The molecule has 1 aromatic heterocycles. The summed E-state index contributed by atoms with van der Waals surface area (Å²) in [5, 5.41) is 5.82. The average molecular weight is 401 g/mol. The molecule has 2 N–H and O–H groups in total. The molecular formula is C22H32N4O3. The first-order valence-corrected chi connectivity index (χ1v) is 10.0. The Hall–Kier alpha value is -2.83. The smallest absolute Gasteiger partial charge is 0.322 e. The summed E-state index contributed by atoms with van der Waals surface area (Å²) in [6, 6.07) is 5.67. The third-order valence-electron chi connectivity index (χ3n) is 4.37. The molecule has 7 heteroatoms. The van der Waals surface area contributed by atoms with Crippen molar-refractivity contribution in [1.82, 2.24) is 15.2 Å². The summed E-state index contributed by atoms with van der Waals surface area (Å²) in [7, 11) is 0. The first-order chi connectivity index (χ1) is 13.7. The number of anilines is 1. The molecule has 2 rings (SSSR count). The number of nitrogens with zero attached hydrogens (tertiary/aromatic N) is 2. The quantitative estimate of drug-likeness (QED) is 0.689. The van der Waals surface area contributed by atoms with Gasteiger partial charge in [-0.15, -0.1) is 0 Å². The largest absolute Gasteiger partial charge is 0.446 e. The standard InChI is InChI=1S/C22H32N4O3/c1-14(2)10-23-21(27)18-13-29-19(24-18)12-26(11-15(3)4)22(28)25-20-16(5)8-7-9-17(20)6/h7-9,13-15H,10-12H2,1-6H3,(H,23,27)(H,25,28). The van der Waals surface area contributed by atoms with Gasteiger partial charge in [0.15, 0.2) is 5.69 Å². The highest BCUT2D eigenvalue weighted by atomic mass is 16.3. The van der Waals surface area contributed by atoms with E-state index in [1.165, 1.54) is 6.26 Å². The van der Waals surface area contributed by atoms with E-state index in [1.54, 1.807) is 4.90 Å². The number of benzene rings is 1. The van der Waals surface area contributed by atoms with Crippen LogP contribution in [-0.2, 0) is 6.54 Å². The fourth-order valence-electron chi connectivity index (χ4n) is 2.90. The first-order valence-electron chi connectivity index (χ1n) is 10.0. The third kappa shape index (κ3) is 6.62. The molecule has 29 heavy (non-hydrogen) atoms. The molecule has 0 atom stereocenters. The van der Waals surface area contributed by atoms with E-state index in [0.717, 1.165) is 16.8 Å². The predicted octanol–water partition coefficient (Wildman–Crippen LogP) is 4.37. The number of oxazole rings is 1. The second-order valence-electron chi connectivity index (χ2n) is 8.20. The van der Waals surface area contributed by atoms with E-state index in [2.05, 4.69) is 15.6 Å². The zero-order chi connectivity index (χ0) is 21.6. The van der Waals surface area contributed by atoms with E-state index in [4.69, 9.17) is 4.42 Å². The van der Waals surface area contributed by atoms with Crippen molar-refractivity contribution >= 4 is 17.6 Å². The molecule has 3 amide bonds. The van der Waals surface area contributed by atoms with Gasteiger partial charge in [-0.25, -0.2) is 9.78 Å². The van der Waals surface area contributed by atoms with Gasteiger partial charge in [0.2, 0.25) is 5.89 Å². The lowest BCUT2D eigenvalue weighted by atomic mass is 10.1. The summed E-state index contributed by atoms with van der Waals surface area (Å²) in [6.07, 6.45) is 1.34. The Balaban J connectivity index is 2.11. The van der Waals surface area contributed by atoms with Crippen molar-refractivity contribution in [2.75, 3.05) is 18.4 Å². The molecule has 7 nitrogen and oxygen atoms in total. The van der Waals surface area contributed by atoms with Crippen LogP contribution in [0.15, 0.2) is 28.9 Å². The summed E-state index contributed by atoms with van der Waals surface area (Å²) >= 11 is 0. The summed E-state index contributed by atoms with van der Waals surface area (Å²) < 4.78 is 5.46. The van der Waals surface area contributed by atoms with Crippen LogP contribution in [0, 0.1) is 25.7 Å². The molecule has 0 spiro atoms. The molecule has 158 valence electrons. The van der Waals surface area contributed by atoms with Crippen LogP contribution in [0.25, 0.3) is 0 Å². The summed E-state index contributed by atoms with van der Waals surface area (Å²) in [4.78, 5) is 31.0. The first kappa shape index (κ1) is 22.5. The minimum Gasteiger partial charge on any atom is -0.446 e. The van der Waals surface area contributed by atoms with Crippen molar-refractivity contribution in [3.05, 3.63) is 47.2 Å². The fourth-order valence-corrected chi connectivity index (χ4v) is 2.90. The lowest BCUT2D eigenvalue weighted by Gasteiger charge is -2.24. The molecule has 2 aromatic rings. The molecule has 0 aliphatic heterocycles. The average Bonchev–Trinajstić information content (AvgIpc) is 3.10. The molecule has 0 radical (unpaired) electrons. The minimum absolute atomic E-state index is 0.187. The number of carbonyl (C=O) groups is 2. The molecule has 0 aliphatic rings. The summed E-state index contributed by atoms with van der Waals surface area (Å²) in [5.74, 6) is 0.670. The molecule has 0 bridgehead atoms. The lowest BCUT2D eigenvalue weighted by molar-refractivity contribution is 0.0944. The van der Waals surface area contributed by atoms with Crippen LogP contribution in [-0.4, -0.2) is 34.9 Å². The van der Waals surface area contributed by atoms with E-state index >= 15 is 0 Å². The number of hydrogen-bond acceptors (Lipinski definition) is 4. The van der Waals surface area contributed by atoms with E-state index in [0.29, 0.717) is 24.9 Å². The highest BCUT2D eigenvalue weighted by Crippen LogP contribution is 2.20. The Bertz CT molecular complexity index is 822. The third-order valence-corrected chi connectivity index (χ3v) is 4.37. The van der Waals surface area contributed by atoms with Crippen molar-refractivity contribution in [3.8, 4) is 0 Å². The highest BCUT2D eigenvalue weighted by Gasteiger charge is 2.20. The summed E-state index contributed by atoms with van der Waals surface area (Å²) in [5.41, 5.74) is 3.04. The van der Waals surface area contributed by atoms with Crippen molar-refractivity contribution in [2.24, 2.45) is 11.8 Å². The molecule has 1 heterocycles. The highest BCUT2D eigenvalue weighted by molar-refractivity contribution is 5.92. The van der Waals surface area contributed by atoms with Crippen LogP contribution in [0.1, 0.15) is 55.2 Å². The maximum absolute atomic E-state index is 12.9.